The number of hydrogen-bond acceptors (Lipinski definition) is 3. The van der Waals surface area contributed by atoms with Crippen molar-refractivity contribution in [2.75, 3.05) is 20.1 Å². The maximum Gasteiger partial charge on any atom is 0.295 e. The van der Waals surface area contributed by atoms with Crippen LogP contribution in [0.15, 0.2) is 54.7 Å². The van der Waals surface area contributed by atoms with E-state index in [0.717, 1.165) is 28.5 Å². The summed E-state index contributed by atoms with van der Waals surface area (Å²) in [6.45, 7) is 3.27. The predicted octanol–water partition coefficient (Wildman–Crippen LogP) is 3.56. The fourth-order valence-corrected chi connectivity index (χ4v) is 4.36. The molecule has 160 valence electrons. The topological polar surface area (TPSA) is 73.5 Å². The first-order valence-corrected chi connectivity index (χ1v) is 10.6. The number of nitrogens with one attached hydrogen (secondary N) is 1. The van der Waals surface area contributed by atoms with Crippen molar-refractivity contribution in [2.45, 2.75) is 26.3 Å². The molecule has 2 heterocycles. The monoisotopic (exact) mass is 417 g/mol. The lowest BCUT2D eigenvalue weighted by molar-refractivity contribution is -0.138. The molecule has 31 heavy (non-hydrogen) atoms. The summed E-state index contributed by atoms with van der Waals surface area (Å²) in [5.41, 5.74) is 3.34. The highest BCUT2D eigenvalue weighted by Crippen LogP contribution is 2.24. The molecular formula is C25H27N3O3. The van der Waals surface area contributed by atoms with Gasteiger partial charge in [0.25, 0.3) is 11.7 Å². The molecule has 1 aromatic heterocycles. The molecule has 1 aliphatic rings. The van der Waals surface area contributed by atoms with Crippen LogP contribution < -0.4 is 0 Å². The molecule has 1 atom stereocenters. The van der Waals surface area contributed by atoms with Crippen molar-refractivity contribution >= 4 is 28.5 Å². The molecule has 1 saturated heterocycles. The zero-order valence-electron chi connectivity index (χ0n) is 17.9. The molecule has 1 aliphatic heterocycles. The van der Waals surface area contributed by atoms with Gasteiger partial charge in [-0.15, -0.1) is 0 Å². The van der Waals surface area contributed by atoms with E-state index in [0.29, 0.717) is 25.1 Å². The molecule has 0 spiro atoms. The summed E-state index contributed by atoms with van der Waals surface area (Å²) in [6.07, 6.45) is 3.04. The number of ketones is 1. The molecule has 0 bridgehead atoms. The molecule has 0 radical (unpaired) electrons. The number of carbonyl (C=O) groups excluding carboxylic acids is 3. The standard InChI is InChI=1S/C25H27N3O3/c1-17-8-6-12-20-21(14-26-22(17)20)23(29)25(31)28-13-7-11-19(16-28)24(30)27(2)15-18-9-4-3-5-10-18/h3-6,8-10,12,14,19,26H,7,11,13,15-16H2,1-2H3/t19-/m0/s1. The van der Waals surface area contributed by atoms with E-state index >= 15 is 0 Å². The number of aromatic nitrogens is 1. The van der Waals surface area contributed by atoms with E-state index in [1.807, 2.05) is 55.5 Å². The van der Waals surface area contributed by atoms with Crippen LogP contribution in [0.25, 0.3) is 10.9 Å². The molecule has 1 N–H and O–H groups in total. The molecule has 4 rings (SSSR count). The fraction of sp³-hybridized carbons (Fsp3) is 0.320. The molecule has 1 fully saturated rings. The largest absolute Gasteiger partial charge is 0.360 e. The Bertz CT molecular complexity index is 1120. The first-order valence-electron chi connectivity index (χ1n) is 10.6. The second-order valence-corrected chi connectivity index (χ2v) is 8.30. The van der Waals surface area contributed by atoms with Gasteiger partial charge in [-0.2, -0.15) is 0 Å². The molecular weight excluding hydrogens is 390 g/mol. The summed E-state index contributed by atoms with van der Waals surface area (Å²) in [5.74, 6) is -1.34. The Morgan fingerprint density at radius 2 is 1.87 bits per heavy atom. The maximum absolute atomic E-state index is 13.0. The normalized spacial score (nSPS) is 16.3. The van der Waals surface area contributed by atoms with Gasteiger partial charge in [0.2, 0.25) is 5.91 Å². The van der Waals surface area contributed by atoms with Crippen molar-refractivity contribution < 1.29 is 14.4 Å². The van der Waals surface area contributed by atoms with Crippen LogP contribution in [0.2, 0.25) is 0 Å². The number of carbonyl (C=O) groups is 3. The summed E-state index contributed by atoms with van der Waals surface area (Å²) in [5, 5.41) is 0.755. The summed E-state index contributed by atoms with van der Waals surface area (Å²) in [6, 6.07) is 15.5. The number of para-hydroxylation sites is 1. The Morgan fingerprint density at radius 1 is 1.10 bits per heavy atom. The highest BCUT2D eigenvalue weighted by molar-refractivity contribution is 6.44. The van der Waals surface area contributed by atoms with Gasteiger partial charge in [-0.3, -0.25) is 14.4 Å². The Morgan fingerprint density at radius 3 is 2.65 bits per heavy atom. The smallest absolute Gasteiger partial charge is 0.295 e. The molecule has 0 aliphatic carbocycles. The number of aryl methyl sites for hydroxylation is 1. The maximum atomic E-state index is 13.0. The zero-order chi connectivity index (χ0) is 22.0. The molecule has 0 unspecified atom stereocenters. The van der Waals surface area contributed by atoms with Gasteiger partial charge in [0.1, 0.15) is 0 Å². The minimum atomic E-state index is -0.536. The van der Waals surface area contributed by atoms with Crippen LogP contribution in [0.5, 0.6) is 0 Å². The van der Waals surface area contributed by atoms with E-state index in [-0.39, 0.29) is 18.4 Å². The Labute approximate surface area is 181 Å². The highest BCUT2D eigenvalue weighted by atomic mass is 16.2. The van der Waals surface area contributed by atoms with Crippen LogP contribution in [0.1, 0.15) is 34.3 Å². The lowest BCUT2D eigenvalue weighted by Crippen LogP contribution is -2.47. The Kier molecular flexibility index (Phi) is 5.89. The quantitative estimate of drug-likeness (QED) is 0.510. The predicted molar refractivity (Wildman–Crippen MR) is 120 cm³/mol. The SMILES string of the molecule is Cc1cccc2c(C(=O)C(=O)N3CCC[C@H](C(=O)N(C)Cc4ccccc4)C3)c[nH]c12. The van der Waals surface area contributed by atoms with Crippen molar-refractivity contribution in [3.63, 3.8) is 0 Å². The number of piperidine rings is 1. The van der Waals surface area contributed by atoms with Gasteiger partial charge < -0.3 is 14.8 Å². The minimum Gasteiger partial charge on any atom is -0.360 e. The Hall–Kier alpha value is -3.41. The van der Waals surface area contributed by atoms with Crippen LogP contribution in [0.3, 0.4) is 0 Å². The lowest BCUT2D eigenvalue weighted by atomic mass is 9.95. The van der Waals surface area contributed by atoms with Crippen LogP contribution in [0, 0.1) is 12.8 Å². The van der Waals surface area contributed by atoms with Gasteiger partial charge >= 0.3 is 0 Å². The van der Waals surface area contributed by atoms with Crippen molar-refractivity contribution in [2.24, 2.45) is 5.92 Å². The van der Waals surface area contributed by atoms with Crippen molar-refractivity contribution in [3.8, 4) is 0 Å². The number of hydrogen-bond donors (Lipinski definition) is 1. The number of likely N-dealkylation sites (tertiary alicyclic amines) is 1. The average Bonchev–Trinajstić information content (AvgIpc) is 3.24. The molecule has 6 nitrogen and oxygen atoms in total. The number of fused-ring (bicyclic) bond motifs is 1. The van der Waals surface area contributed by atoms with E-state index in [9.17, 15) is 14.4 Å². The number of H-pyrrole nitrogens is 1. The van der Waals surface area contributed by atoms with Crippen LogP contribution in [0.4, 0.5) is 0 Å². The molecule has 6 heteroatoms. The summed E-state index contributed by atoms with van der Waals surface area (Å²) >= 11 is 0. The van der Waals surface area contributed by atoms with Gasteiger partial charge in [0, 0.05) is 43.8 Å². The second-order valence-electron chi connectivity index (χ2n) is 8.30. The second kappa shape index (κ2) is 8.76. The average molecular weight is 418 g/mol. The van der Waals surface area contributed by atoms with Crippen molar-refractivity contribution in [1.29, 1.82) is 0 Å². The molecule has 2 aromatic carbocycles. The van der Waals surface area contributed by atoms with Gasteiger partial charge in [-0.25, -0.2) is 0 Å². The van der Waals surface area contributed by atoms with Gasteiger partial charge in [0.15, 0.2) is 0 Å². The van der Waals surface area contributed by atoms with E-state index in [2.05, 4.69) is 4.98 Å². The van der Waals surface area contributed by atoms with Crippen LogP contribution >= 0.6 is 0 Å². The van der Waals surface area contributed by atoms with Crippen molar-refractivity contribution in [1.82, 2.24) is 14.8 Å². The number of Topliss-reactive ketones (excluding diaryl/α,β-unsaturated/α-hetero) is 1. The van der Waals surface area contributed by atoms with E-state index < -0.39 is 11.7 Å². The van der Waals surface area contributed by atoms with E-state index in [1.165, 1.54) is 0 Å². The summed E-state index contributed by atoms with van der Waals surface area (Å²) in [7, 11) is 1.79. The zero-order valence-corrected chi connectivity index (χ0v) is 17.9. The highest BCUT2D eigenvalue weighted by Gasteiger charge is 2.33. The number of benzene rings is 2. The molecule has 2 amide bonds. The number of nitrogens with zero attached hydrogens (tertiary/aromatic N) is 2. The third-order valence-corrected chi connectivity index (χ3v) is 6.06. The third kappa shape index (κ3) is 4.24. The minimum absolute atomic E-state index is 0.0107. The summed E-state index contributed by atoms with van der Waals surface area (Å²) in [4.78, 5) is 45.3. The molecule has 0 saturated carbocycles. The van der Waals surface area contributed by atoms with Gasteiger partial charge in [-0.05, 0) is 30.9 Å². The summed E-state index contributed by atoms with van der Waals surface area (Å²) < 4.78 is 0. The third-order valence-electron chi connectivity index (χ3n) is 6.06. The molecule has 3 aromatic rings. The van der Waals surface area contributed by atoms with Crippen LogP contribution in [-0.4, -0.2) is 52.5 Å². The van der Waals surface area contributed by atoms with E-state index in [4.69, 9.17) is 0 Å². The van der Waals surface area contributed by atoms with E-state index in [1.54, 1.807) is 23.0 Å². The first kappa shape index (κ1) is 20.8. The number of aromatic amines is 1. The lowest BCUT2D eigenvalue weighted by Gasteiger charge is -2.33. The Balaban J connectivity index is 1.45. The van der Waals surface area contributed by atoms with Gasteiger partial charge in [0.05, 0.1) is 11.5 Å². The van der Waals surface area contributed by atoms with Gasteiger partial charge in [-0.1, -0.05) is 48.5 Å². The first-order chi connectivity index (χ1) is 15.0. The number of amides is 2. The van der Waals surface area contributed by atoms with Crippen LogP contribution in [-0.2, 0) is 16.1 Å². The fourth-order valence-electron chi connectivity index (χ4n) is 4.36. The van der Waals surface area contributed by atoms with Crippen molar-refractivity contribution in [3.05, 3.63) is 71.4 Å². The number of rotatable bonds is 5.